The van der Waals surface area contributed by atoms with Gasteiger partial charge in [-0.15, -0.1) is 0 Å². The number of nitrogens with zero attached hydrogens (tertiary/aromatic N) is 1. The number of amides is 2. The number of halogens is 1. The Kier molecular flexibility index (Phi) is 5.36. The number of carbonyl (C=O) groups excluding carboxylic acids is 2. The van der Waals surface area contributed by atoms with Crippen LogP contribution in [0, 0.1) is 0 Å². The van der Waals surface area contributed by atoms with Gasteiger partial charge < -0.3 is 10.2 Å². The highest BCUT2D eigenvalue weighted by Crippen LogP contribution is 2.42. The number of thioether (sulfide) groups is 1. The summed E-state index contributed by atoms with van der Waals surface area (Å²) in [6.07, 6.45) is 1.80. The van der Waals surface area contributed by atoms with Gasteiger partial charge in [-0.3, -0.25) is 9.59 Å². The van der Waals surface area contributed by atoms with E-state index in [1.807, 2.05) is 45.0 Å². The molecule has 0 saturated heterocycles. The van der Waals surface area contributed by atoms with Crippen LogP contribution in [0.15, 0.2) is 52.3 Å². The van der Waals surface area contributed by atoms with Crippen molar-refractivity contribution in [2.24, 2.45) is 0 Å². The lowest BCUT2D eigenvalue weighted by Crippen LogP contribution is -2.40. The highest BCUT2D eigenvalue weighted by atomic mass is 35.5. The molecule has 0 saturated carbocycles. The average molecular weight is 401 g/mol. The first-order valence-electron chi connectivity index (χ1n) is 8.54. The maximum absolute atomic E-state index is 12.8. The Hall–Kier alpha value is -2.24. The molecule has 1 N–H and O–H groups in total. The number of likely N-dealkylation sites (N-methyl/N-ethyl adjacent to an activating group) is 1. The summed E-state index contributed by atoms with van der Waals surface area (Å²) in [4.78, 5) is 28.3. The molecule has 1 aliphatic heterocycles. The normalized spacial score (nSPS) is 15.7. The average Bonchev–Trinajstić information content (AvgIpc) is 2.59. The first-order chi connectivity index (χ1) is 12.7. The predicted molar refractivity (Wildman–Crippen MR) is 112 cm³/mol. The van der Waals surface area contributed by atoms with E-state index in [0.29, 0.717) is 15.5 Å². The van der Waals surface area contributed by atoms with Crippen LogP contribution in [-0.2, 0) is 4.79 Å². The van der Waals surface area contributed by atoms with E-state index >= 15 is 0 Å². The molecule has 0 radical (unpaired) electrons. The summed E-state index contributed by atoms with van der Waals surface area (Å²) >= 11 is 7.60. The van der Waals surface area contributed by atoms with Gasteiger partial charge in [0.15, 0.2) is 0 Å². The van der Waals surface area contributed by atoms with E-state index < -0.39 is 0 Å². The number of benzene rings is 2. The van der Waals surface area contributed by atoms with Crippen molar-refractivity contribution < 1.29 is 9.59 Å². The van der Waals surface area contributed by atoms with Gasteiger partial charge in [0.2, 0.25) is 0 Å². The number of fused-ring (bicyclic) bond motifs is 1. The fraction of sp³-hybridized carbons (Fsp3) is 0.238. The molecule has 0 aliphatic carbocycles. The Bertz CT molecular complexity index is 947. The van der Waals surface area contributed by atoms with Crippen molar-refractivity contribution in [3.8, 4) is 0 Å². The summed E-state index contributed by atoms with van der Waals surface area (Å²) in [5.74, 6) is -0.283. The van der Waals surface area contributed by atoms with E-state index in [1.165, 1.54) is 11.8 Å². The lowest BCUT2D eigenvalue weighted by Gasteiger charge is -2.28. The van der Waals surface area contributed by atoms with E-state index in [4.69, 9.17) is 11.6 Å². The Morgan fingerprint density at radius 2 is 1.89 bits per heavy atom. The van der Waals surface area contributed by atoms with E-state index in [1.54, 1.807) is 36.2 Å². The van der Waals surface area contributed by atoms with Gasteiger partial charge in [-0.1, -0.05) is 41.6 Å². The summed E-state index contributed by atoms with van der Waals surface area (Å²) in [5.41, 5.74) is 1.73. The molecule has 0 aromatic heterocycles. The van der Waals surface area contributed by atoms with Crippen molar-refractivity contribution in [3.05, 3.63) is 63.5 Å². The third-order valence-corrected chi connectivity index (χ3v) is 5.42. The van der Waals surface area contributed by atoms with Crippen LogP contribution in [0.2, 0.25) is 5.02 Å². The fourth-order valence-electron chi connectivity index (χ4n) is 2.68. The lowest BCUT2D eigenvalue weighted by molar-refractivity contribution is -0.114. The van der Waals surface area contributed by atoms with Crippen molar-refractivity contribution in [2.75, 3.05) is 11.9 Å². The Morgan fingerprint density at radius 1 is 1.19 bits per heavy atom. The molecule has 0 fully saturated rings. The molecule has 1 heterocycles. The smallest absolute Gasteiger partial charge is 0.264 e. The topological polar surface area (TPSA) is 49.4 Å². The van der Waals surface area contributed by atoms with E-state index in [-0.39, 0.29) is 17.4 Å². The molecule has 0 bridgehead atoms. The van der Waals surface area contributed by atoms with E-state index in [0.717, 1.165) is 16.1 Å². The fourth-order valence-corrected chi connectivity index (χ4v) is 3.96. The lowest BCUT2D eigenvalue weighted by atomic mass is 10.1. The Balaban J connectivity index is 1.94. The molecule has 0 atom stereocenters. The number of rotatable bonds is 2. The van der Waals surface area contributed by atoms with E-state index in [2.05, 4.69) is 5.32 Å². The Labute approximate surface area is 168 Å². The van der Waals surface area contributed by atoms with Crippen LogP contribution in [0.1, 0.15) is 36.7 Å². The SMILES string of the molecule is CN1C(=O)/C(=C/c2ccccc2Cl)Sc2ccc(C(=O)NC(C)(C)C)cc21. The summed E-state index contributed by atoms with van der Waals surface area (Å²) < 4.78 is 0. The highest BCUT2D eigenvalue weighted by Gasteiger charge is 2.28. The van der Waals surface area contributed by atoms with Crippen molar-refractivity contribution in [3.63, 3.8) is 0 Å². The van der Waals surface area contributed by atoms with E-state index in [9.17, 15) is 9.59 Å². The van der Waals surface area contributed by atoms with Gasteiger partial charge in [-0.25, -0.2) is 0 Å². The quantitative estimate of drug-likeness (QED) is 0.723. The standard InChI is InChI=1S/C21H21ClN2O2S/c1-21(2,3)23-19(25)14-9-10-17-16(11-14)24(4)20(26)18(27-17)12-13-7-5-6-8-15(13)22/h5-12H,1-4H3,(H,23,25)/b18-12-. The molecule has 3 rings (SSSR count). The number of nitrogens with one attached hydrogen (secondary N) is 1. The van der Waals surface area contributed by atoms with Crippen molar-refractivity contribution in [2.45, 2.75) is 31.2 Å². The van der Waals surface area contributed by atoms with Gasteiger partial charge in [-0.05, 0) is 56.7 Å². The van der Waals surface area contributed by atoms with Crippen LogP contribution in [0.4, 0.5) is 5.69 Å². The minimum atomic E-state index is -0.325. The van der Waals surface area contributed by atoms with Crippen LogP contribution in [-0.4, -0.2) is 24.4 Å². The molecule has 2 aromatic rings. The Morgan fingerprint density at radius 3 is 2.56 bits per heavy atom. The van der Waals surface area contributed by atoms with Gasteiger partial charge in [0.25, 0.3) is 11.8 Å². The van der Waals surface area contributed by atoms with Gasteiger partial charge >= 0.3 is 0 Å². The highest BCUT2D eigenvalue weighted by molar-refractivity contribution is 8.04. The first kappa shape index (κ1) is 19.5. The largest absolute Gasteiger partial charge is 0.347 e. The van der Waals surface area contributed by atoms with Crippen molar-refractivity contribution >= 4 is 46.9 Å². The van der Waals surface area contributed by atoms with Crippen LogP contribution in [0.25, 0.3) is 6.08 Å². The monoisotopic (exact) mass is 400 g/mol. The van der Waals surface area contributed by atoms with Gasteiger partial charge in [0.1, 0.15) is 0 Å². The minimum absolute atomic E-state index is 0.124. The third kappa shape index (κ3) is 4.37. The zero-order valence-corrected chi connectivity index (χ0v) is 17.2. The number of anilines is 1. The molecule has 140 valence electrons. The van der Waals surface area contributed by atoms with Crippen LogP contribution < -0.4 is 10.2 Å². The summed E-state index contributed by atoms with van der Waals surface area (Å²) in [5, 5.41) is 3.54. The van der Waals surface area contributed by atoms with Crippen LogP contribution in [0.3, 0.4) is 0 Å². The maximum Gasteiger partial charge on any atom is 0.264 e. The second-order valence-corrected chi connectivity index (χ2v) is 8.87. The molecule has 2 aromatic carbocycles. The summed E-state index contributed by atoms with van der Waals surface area (Å²) in [7, 11) is 1.72. The molecular weight excluding hydrogens is 380 g/mol. The molecule has 4 nitrogen and oxygen atoms in total. The van der Waals surface area contributed by atoms with Crippen LogP contribution in [0.5, 0.6) is 0 Å². The summed E-state index contributed by atoms with van der Waals surface area (Å²) in [6, 6.07) is 12.8. The molecule has 2 amide bonds. The van der Waals surface area contributed by atoms with Gasteiger partial charge in [0.05, 0.1) is 10.6 Å². The minimum Gasteiger partial charge on any atom is -0.347 e. The number of hydrogen-bond acceptors (Lipinski definition) is 3. The van der Waals surface area contributed by atoms with Gasteiger partial charge in [-0.2, -0.15) is 0 Å². The maximum atomic E-state index is 12.8. The first-order valence-corrected chi connectivity index (χ1v) is 9.74. The van der Waals surface area contributed by atoms with Crippen molar-refractivity contribution in [1.29, 1.82) is 0 Å². The second-order valence-electron chi connectivity index (χ2n) is 7.38. The molecule has 0 unspecified atom stereocenters. The van der Waals surface area contributed by atoms with Crippen molar-refractivity contribution in [1.82, 2.24) is 5.32 Å². The third-order valence-electron chi connectivity index (χ3n) is 4.00. The zero-order chi connectivity index (χ0) is 19.8. The van der Waals surface area contributed by atoms with Crippen LogP contribution >= 0.6 is 23.4 Å². The predicted octanol–water partition coefficient (Wildman–Crippen LogP) is 4.98. The molecule has 6 heteroatoms. The number of hydrogen-bond donors (Lipinski definition) is 1. The molecular formula is C21H21ClN2O2S. The molecule has 27 heavy (non-hydrogen) atoms. The molecule has 1 aliphatic rings. The second kappa shape index (κ2) is 7.41. The van der Waals surface area contributed by atoms with Gasteiger partial charge in [0, 0.05) is 28.1 Å². The zero-order valence-electron chi connectivity index (χ0n) is 15.7. The number of carbonyl (C=O) groups is 2. The summed E-state index contributed by atoms with van der Waals surface area (Å²) in [6.45, 7) is 5.79. The molecule has 0 spiro atoms.